The van der Waals surface area contributed by atoms with Crippen LogP contribution in [-0.2, 0) is 16.1 Å². The summed E-state index contributed by atoms with van der Waals surface area (Å²) in [7, 11) is 0. The summed E-state index contributed by atoms with van der Waals surface area (Å²) in [6, 6.07) is 14.6. The van der Waals surface area contributed by atoms with E-state index in [9.17, 15) is 14.0 Å². The number of carbonyl (C=O) groups excluding carboxylic acids is 2. The standard InChI is InChI=1S/C22H27FN2O3/c1-4-16(2)24-22(27)17(3)25(14-18-10-6-5-7-11-18)21(26)15-28-20-13-9-8-12-19(20)23/h5-13,16-17H,4,14-15H2,1-3H3,(H,24,27)/t16-,17+/m0/s1. The van der Waals surface area contributed by atoms with E-state index in [2.05, 4.69) is 5.32 Å². The van der Waals surface area contributed by atoms with Crippen molar-refractivity contribution in [3.8, 4) is 5.75 Å². The van der Waals surface area contributed by atoms with Crippen LogP contribution in [0.15, 0.2) is 54.6 Å². The molecule has 0 spiro atoms. The van der Waals surface area contributed by atoms with E-state index in [4.69, 9.17) is 4.74 Å². The maximum absolute atomic E-state index is 13.7. The fourth-order valence-electron chi connectivity index (χ4n) is 2.61. The average Bonchev–Trinajstić information content (AvgIpc) is 2.71. The summed E-state index contributed by atoms with van der Waals surface area (Å²) in [5.74, 6) is -1.15. The normalized spacial score (nSPS) is 12.7. The lowest BCUT2D eigenvalue weighted by Gasteiger charge is -2.29. The number of hydrogen-bond donors (Lipinski definition) is 1. The van der Waals surface area contributed by atoms with Gasteiger partial charge in [0.1, 0.15) is 6.04 Å². The summed E-state index contributed by atoms with van der Waals surface area (Å²) in [5, 5.41) is 2.90. The molecule has 2 aromatic rings. The van der Waals surface area contributed by atoms with Gasteiger partial charge in [0.05, 0.1) is 0 Å². The first-order chi connectivity index (χ1) is 13.4. The van der Waals surface area contributed by atoms with E-state index in [-0.39, 0.29) is 36.8 Å². The van der Waals surface area contributed by atoms with Crippen LogP contribution in [0, 0.1) is 5.82 Å². The molecule has 0 heterocycles. The predicted octanol–water partition coefficient (Wildman–Crippen LogP) is 3.54. The minimum absolute atomic E-state index is 0.00669. The zero-order chi connectivity index (χ0) is 20.5. The van der Waals surface area contributed by atoms with Crippen molar-refractivity contribution >= 4 is 11.8 Å². The molecule has 5 nitrogen and oxygen atoms in total. The lowest BCUT2D eigenvalue weighted by atomic mass is 10.1. The topological polar surface area (TPSA) is 58.6 Å². The summed E-state index contributed by atoms with van der Waals surface area (Å²) in [6.45, 7) is 5.48. The summed E-state index contributed by atoms with van der Waals surface area (Å²) < 4.78 is 19.1. The number of para-hydroxylation sites is 1. The second-order valence-corrected chi connectivity index (χ2v) is 6.72. The molecule has 6 heteroatoms. The molecule has 2 amide bonds. The number of hydrogen-bond acceptors (Lipinski definition) is 3. The molecule has 150 valence electrons. The van der Waals surface area contributed by atoms with Crippen molar-refractivity contribution < 1.29 is 18.7 Å². The molecule has 0 unspecified atom stereocenters. The van der Waals surface area contributed by atoms with Crippen molar-refractivity contribution in [1.29, 1.82) is 0 Å². The number of carbonyl (C=O) groups is 2. The van der Waals surface area contributed by atoms with Gasteiger partial charge in [-0.2, -0.15) is 0 Å². The molecule has 0 saturated carbocycles. The molecule has 2 atom stereocenters. The Morgan fingerprint density at radius 3 is 2.36 bits per heavy atom. The van der Waals surface area contributed by atoms with Gasteiger partial charge in [0, 0.05) is 12.6 Å². The highest BCUT2D eigenvalue weighted by molar-refractivity contribution is 5.88. The van der Waals surface area contributed by atoms with Gasteiger partial charge in [-0.25, -0.2) is 4.39 Å². The number of ether oxygens (including phenoxy) is 1. The molecule has 0 fully saturated rings. The van der Waals surface area contributed by atoms with Crippen molar-refractivity contribution in [3.05, 3.63) is 66.0 Å². The first-order valence-electron chi connectivity index (χ1n) is 9.43. The molecular weight excluding hydrogens is 359 g/mol. The molecule has 0 aliphatic heterocycles. The third kappa shape index (κ3) is 6.08. The van der Waals surface area contributed by atoms with Crippen LogP contribution >= 0.6 is 0 Å². The molecule has 0 aliphatic carbocycles. The zero-order valence-corrected chi connectivity index (χ0v) is 16.5. The molecule has 0 bridgehead atoms. The highest BCUT2D eigenvalue weighted by Gasteiger charge is 2.27. The van der Waals surface area contributed by atoms with E-state index in [1.54, 1.807) is 19.1 Å². The second-order valence-electron chi connectivity index (χ2n) is 6.72. The Morgan fingerprint density at radius 1 is 1.07 bits per heavy atom. The number of halogens is 1. The second kappa shape index (κ2) is 10.4. The Hall–Kier alpha value is -2.89. The maximum Gasteiger partial charge on any atom is 0.261 e. The number of benzene rings is 2. The fraction of sp³-hybridized carbons (Fsp3) is 0.364. The molecule has 0 aliphatic rings. The van der Waals surface area contributed by atoms with Gasteiger partial charge in [0.15, 0.2) is 18.2 Å². The molecule has 28 heavy (non-hydrogen) atoms. The molecule has 2 aromatic carbocycles. The number of amides is 2. The first-order valence-corrected chi connectivity index (χ1v) is 9.43. The van der Waals surface area contributed by atoms with Crippen molar-refractivity contribution in [2.75, 3.05) is 6.61 Å². The SMILES string of the molecule is CC[C@H](C)NC(=O)[C@@H](C)N(Cc1ccccc1)C(=O)COc1ccccc1F. The Balaban J connectivity index is 2.13. The summed E-state index contributed by atoms with van der Waals surface area (Å²) in [4.78, 5) is 26.9. The minimum atomic E-state index is -0.689. The smallest absolute Gasteiger partial charge is 0.261 e. The fourth-order valence-corrected chi connectivity index (χ4v) is 2.61. The maximum atomic E-state index is 13.7. The van der Waals surface area contributed by atoms with Crippen LogP contribution in [0.5, 0.6) is 5.75 Å². The highest BCUT2D eigenvalue weighted by atomic mass is 19.1. The van der Waals surface area contributed by atoms with Crippen LogP contribution in [0.4, 0.5) is 4.39 Å². The van der Waals surface area contributed by atoms with Crippen LogP contribution in [0.3, 0.4) is 0 Å². The van der Waals surface area contributed by atoms with Crippen molar-refractivity contribution in [2.45, 2.75) is 45.8 Å². The van der Waals surface area contributed by atoms with Gasteiger partial charge < -0.3 is 15.0 Å². The van der Waals surface area contributed by atoms with Gasteiger partial charge in [0.25, 0.3) is 5.91 Å². The van der Waals surface area contributed by atoms with Gasteiger partial charge in [-0.1, -0.05) is 49.4 Å². The van der Waals surface area contributed by atoms with Gasteiger partial charge in [0.2, 0.25) is 5.91 Å². The van der Waals surface area contributed by atoms with E-state index in [1.165, 1.54) is 17.0 Å². The van der Waals surface area contributed by atoms with E-state index in [1.807, 2.05) is 44.2 Å². The lowest BCUT2D eigenvalue weighted by Crippen LogP contribution is -2.50. The Bertz CT molecular complexity index is 782. The van der Waals surface area contributed by atoms with Crippen molar-refractivity contribution in [3.63, 3.8) is 0 Å². The predicted molar refractivity (Wildman–Crippen MR) is 106 cm³/mol. The summed E-state index contributed by atoms with van der Waals surface area (Å²) in [5.41, 5.74) is 0.893. The number of nitrogens with zero attached hydrogens (tertiary/aromatic N) is 1. The monoisotopic (exact) mass is 386 g/mol. The zero-order valence-electron chi connectivity index (χ0n) is 16.5. The molecule has 0 radical (unpaired) electrons. The van der Waals surface area contributed by atoms with Crippen molar-refractivity contribution in [1.82, 2.24) is 10.2 Å². The van der Waals surface area contributed by atoms with E-state index >= 15 is 0 Å². The van der Waals surface area contributed by atoms with Crippen LogP contribution in [0.2, 0.25) is 0 Å². The number of rotatable bonds is 9. The molecule has 1 N–H and O–H groups in total. The number of nitrogens with one attached hydrogen (secondary N) is 1. The molecule has 0 aromatic heterocycles. The van der Waals surface area contributed by atoms with Crippen LogP contribution in [-0.4, -0.2) is 35.4 Å². The van der Waals surface area contributed by atoms with Crippen LogP contribution in [0.1, 0.15) is 32.8 Å². The third-order valence-electron chi connectivity index (χ3n) is 4.55. The Labute approximate surface area is 165 Å². The summed E-state index contributed by atoms with van der Waals surface area (Å²) in [6.07, 6.45) is 0.793. The lowest BCUT2D eigenvalue weighted by molar-refractivity contribution is -0.142. The Morgan fingerprint density at radius 2 is 1.71 bits per heavy atom. The van der Waals surface area contributed by atoms with Gasteiger partial charge >= 0.3 is 0 Å². The quantitative estimate of drug-likeness (QED) is 0.717. The first kappa shape index (κ1) is 21.4. The van der Waals surface area contributed by atoms with Crippen molar-refractivity contribution in [2.24, 2.45) is 0 Å². The van der Waals surface area contributed by atoms with E-state index in [0.717, 1.165) is 12.0 Å². The van der Waals surface area contributed by atoms with Crippen LogP contribution in [0.25, 0.3) is 0 Å². The summed E-state index contributed by atoms with van der Waals surface area (Å²) >= 11 is 0. The van der Waals surface area contributed by atoms with Gasteiger partial charge in [-0.15, -0.1) is 0 Å². The van der Waals surface area contributed by atoms with E-state index in [0.29, 0.717) is 0 Å². The molecule has 0 saturated heterocycles. The van der Waals surface area contributed by atoms with E-state index < -0.39 is 11.9 Å². The van der Waals surface area contributed by atoms with Gasteiger partial charge in [-0.05, 0) is 38.0 Å². The van der Waals surface area contributed by atoms with Crippen LogP contribution < -0.4 is 10.1 Å². The highest BCUT2D eigenvalue weighted by Crippen LogP contribution is 2.16. The molecular formula is C22H27FN2O3. The largest absolute Gasteiger partial charge is 0.481 e. The Kier molecular flexibility index (Phi) is 7.99. The van der Waals surface area contributed by atoms with Gasteiger partial charge in [-0.3, -0.25) is 9.59 Å². The minimum Gasteiger partial charge on any atom is -0.481 e. The third-order valence-corrected chi connectivity index (χ3v) is 4.55. The molecule has 2 rings (SSSR count). The average molecular weight is 386 g/mol.